The van der Waals surface area contributed by atoms with Gasteiger partial charge in [0.05, 0.1) is 6.17 Å². The number of carbonyl (C=O) groups excluding carboxylic acids is 1. The molecule has 0 bridgehead atoms. The number of nitrogens with zero attached hydrogens (tertiary/aromatic N) is 1. The maximum Gasteiger partial charge on any atom is 0.220 e. The van der Waals surface area contributed by atoms with Crippen LogP contribution in [0.3, 0.4) is 0 Å². The second-order valence-corrected chi connectivity index (χ2v) is 2.74. The molecule has 0 radical (unpaired) electrons. The first kappa shape index (κ1) is 7.54. The lowest BCUT2D eigenvalue weighted by Gasteiger charge is -2.22. The molecule has 1 fully saturated rings. The molecule has 1 N–H and O–H groups in total. The predicted octanol–water partition coefficient (Wildman–Crippen LogP) is 0.174. The molecule has 58 valence electrons. The Bertz CT molecular complexity index is 130. The van der Waals surface area contributed by atoms with Crippen LogP contribution < -0.4 is 5.32 Å². The molecule has 1 unspecified atom stereocenters. The quantitative estimate of drug-likeness (QED) is 0.566. The van der Waals surface area contributed by atoms with Crippen LogP contribution in [0.15, 0.2) is 0 Å². The molecule has 0 aromatic rings. The Morgan fingerprint density at radius 3 is 2.80 bits per heavy atom. The summed E-state index contributed by atoms with van der Waals surface area (Å²) < 4.78 is 0. The third-order valence-corrected chi connectivity index (χ3v) is 2.00. The normalized spacial score (nSPS) is 24.8. The van der Waals surface area contributed by atoms with Crippen molar-refractivity contribution in [2.24, 2.45) is 0 Å². The Labute approximate surface area is 61.4 Å². The summed E-state index contributed by atoms with van der Waals surface area (Å²) in [7, 11) is 1.84. The monoisotopic (exact) mass is 142 g/mol. The summed E-state index contributed by atoms with van der Waals surface area (Å²) >= 11 is 0. The molecule has 3 nitrogen and oxygen atoms in total. The number of hydrogen-bond acceptors (Lipinski definition) is 2. The van der Waals surface area contributed by atoms with Crippen LogP contribution in [0, 0.1) is 0 Å². The molecule has 1 saturated heterocycles. The van der Waals surface area contributed by atoms with E-state index in [9.17, 15) is 4.79 Å². The van der Waals surface area contributed by atoms with E-state index in [4.69, 9.17) is 0 Å². The zero-order valence-electron chi connectivity index (χ0n) is 6.55. The minimum atomic E-state index is 0.138. The number of carbonyl (C=O) groups is 1. The summed E-state index contributed by atoms with van der Waals surface area (Å²) in [5.74, 6) is 0.138. The second kappa shape index (κ2) is 3.01. The minimum absolute atomic E-state index is 0.138. The van der Waals surface area contributed by atoms with Gasteiger partial charge in [-0.15, -0.1) is 0 Å². The topological polar surface area (TPSA) is 32.3 Å². The number of hydrogen-bond donors (Lipinski definition) is 1. The Hall–Kier alpha value is -0.570. The van der Waals surface area contributed by atoms with E-state index in [1.165, 1.54) is 6.42 Å². The highest BCUT2D eigenvalue weighted by molar-refractivity contribution is 5.73. The van der Waals surface area contributed by atoms with Crippen LogP contribution in [0.4, 0.5) is 0 Å². The molecule has 0 saturated carbocycles. The summed E-state index contributed by atoms with van der Waals surface area (Å²) in [6.07, 6.45) is 2.57. The van der Waals surface area contributed by atoms with Gasteiger partial charge in [-0.1, -0.05) is 0 Å². The highest BCUT2D eigenvalue weighted by Crippen LogP contribution is 2.07. The van der Waals surface area contributed by atoms with Gasteiger partial charge in [0.2, 0.25) is 5.91 Å². The number of amides is 1. The van der Waals surface area contributed by atoms with E-state index < -0.39 is 0 Å². The van der Waals surface area contributed by atoms with Crippen LogP contribution in [0.2, 0.25) is 0 Å². The van der Waals surface area contributed by atoms with Gasteiger partial charge in [0.25, 0.3) is 0 Å². The zero-order chi connectivity index (χ0) is 7.56. The molecule has 0 aromatic carbocycles. The smallest absolute Gasteiger partial charge is 0.220 e. The molecule has 0 spiro atoms. The number of rotatable bonds is 1. The summed E-state index contributed by atoms with van der Waals surface area (Å²) in [6.45, 7) is 2.64. The van der Waals surface area contributed by atoms with Crippen LogP contribution >= 0.6 is 0 Å². The second-order valence-electron chi connectivity index (χ2n) is 2.74. The van der Waals surface area contributed by atoms with Crippen molar-refractivity contribution in [3.63, 3.8) is 0 Å². The predicted molar refractivity (Wildman–Crippen MR) is 39.5 cm³/mol. The van der Waals surface area contributed by atoms with E-state index in [1.54, 1.807) is 11.8 Å². The summed E-state index contributed by atoms with van der Waals surface area (Å²) in [5.41, 5.74) is 0. The maximum absolute atomic E-state index is 10.8. The standard InChI is InChI=1S/C7H14N2O/c1-6(10)9(2)7-4-3-5-8-7/h7-8H,3-5H2,1-2H3. The van der Waals surface area contributed by atoms with Gasteiger partial charge in [-0.2, -0.15) is 0 Å². The molecule has 1 aliphatic heterocycles. The van der Waals surface area contributed by atoms with Crippen LogP contribution in [0.1, 0.15) is 19.8 Å². The van der Waals surface area contributed by atoms with E-state index in [0.29, 0.717) is 0 Å². The average molecular weight is 142 g/mol. The van der Waals surface area contributed by atoms with Gasteiger partial charge in [0, 0.05) is 14.0 Å². The van der Waals surface area contributed by atoms with Crippen LogP contribution in [-0.4, -0.2) is 30.6 Å². The van der Waals surface area contributed by atoms with E-state index >= 15 is 0 Å². The first-order chi connectivity index (χ1) is 4.72. The largest absolute Gasteiger partial charge is 0.330 e. The Balaban J connectivity index is 2.39. The molecular formula is C7H14N2O. The van der Waals surface area contributed by atoms with Crippen LogP contribution in [0.5, 0.6) is 0 Å². The molecule has 1 atom stereocenters. The summed E-state index contributed by atoms with van der Waals surface area (Å²) in [6, 6.07) is 0. The van der Waals surface area contributed by atoms with Gasteiger partial charge in [0.15, 0.2) is 0 Å². The fourth-order valence-electron chi connectivity index (χ4n) is 1.22. The van der Waals surface area contributed by atoms with Crippen molar-refractivity contribution in [3.8, 4) is 0 Å². The maximum atomic E-state index is 10.8. The Kier molecular flexibility index (Phi) is 2.27. The lowest BCUT2D eigenvalue weighted by molar-refractivity contribution is -0.129. The molecule has 0 aromatic heterocycles. The van der Waals surface area contributed by atoms with Crippen molar-refractivity contribution in [2.45, 2.75) is 25.9 Å². The van der Waals surface area contributed by atoms with Crippen molar-refractivity contribution < 1.29 is 4.79 Å². The molecular weight excluding hydrogens is 128 g/mol. The highest BCUT2D eigenvalue weighted by Gasteiger charge is 2.19. The summed E-state index contributed by atoms with van der Waals surface area (Å²) in [4.78, 5) is 12.6. The highest BCUT2D eigenvalue weighted by atomic mass is 16.2. The molecule has 1 rings (SSSR count). The zero-order valence-corrected chi connectivity index (χ0v) is 6.55. The van der Waals surface area contributed by atoms with Crippen molar-refractivity contribution in [1.82, 2.24) is 10.2 Å². The van der Waals surface area contributed by atoms with E-state index in [0.717, 1.165) is 13.0 Å². The molecule has 1 aliphatic rings. The molecule has 10 heavy (non-hydrogen) atoms. The summed E-state index contributed by atoms with van der Waals surface area (Å²) in [5, 5.41) is 3.24. The van der Waals surface area contributed by atoms with Gasteiger partial charge in [-0.05, 0) is 19.4 Å². The Morgan fingerprint density at radius 2 is 2.40 bits per heavy atom. The number of nitrogens with one attached hydrogen (secondary N) is 1. The van der Waals surface area contributed by atoms with Crippen molar-refractivity contribution >= 4 is 5.91 Å². The van der Waals surface area contributed by atoms with E-state index in [-0.39, 0.29) is 12.1 Å². The molecule has 1 amide bonds. The average Bonchev–Trinajstić information content (AvgIpc) is 2.36. The van der Waals surface area contributed by atoms with Crippen molar-refractivity contribution in [3.05, 3.63) is 0 Å². The fraction of sp³-hybridized carbons (Fsp3) is 0.857. The van der Waals surface area contributed by atoms with Gasteiger partial charge in [0.1, 0.15) is 0 Å². The molecule has 0 aliphatic carbocycles. The van der Waals surface area contributed by atoms with E-state index in [1.807, 2.05) is 7.05 Å². The third kappa shape index (κ3) is 1.48. The van der Waals surface area contributed by atoms with Gasteiger partial charge in [-0.3, -0.25) is 10.1 Å². The van der Waals surface area contributed by atoms with Crippen molar-refractivity contribution in [2.75, 3.05) is 13.6 Å². The minimum Gasteiger partial charge on any atom is -0.330 e. The van der Waals surface area contributed by atoms with Gasteiger partial charge < -0.3 is 4.90 Å². The molecule has 3 heteroatoms. The molecule has 1 heterocycles. The van der Waals surface area contributed by atoms with Gasteiger partial charge in [-0.25, -0.2) is 0 Å². The fourth-order valence-corrected chi connectivity index (χ4v) is 1.22. The first-order valence-electron chi connectivity index (χ1n) is 3.68. The van der Waals surface area contributed by atoms with E-state index in [2.05, 4.69) is 5.32 Å². The lowest BCUT2D eigenvalue weighted by atomic mass is 10.3. The lowest BCUT2D eigenvalue weighted by Crippen LogP contribution is -2.41. The van der Waals surface area contributed by atoms with Crippen molar-refractivity contribution in [1.29, 1.82) is 0 Å². The Morgan fingerprint density at radius 1 is 1.70 bits per heavy atom. The SMILES string of the molecule is CC(=O)N(C)C1CCCN1. The van der Waals surface area contributed by atoms with Crippen LogP contribution in [-0.2, 0) is 4.79 Å². The van der Waals surface area contributed by atoms with Gasteiger partial charge >= 0.3 is 0 Å². The van der Waals surface area contributed by atoms with Crippen LogP contribution in [0.25, 0.3) is 0 Å². The first-order valence-corrected chi connectivity index (χ1v) is 3.68. The third-order valence-electron chi connectivity index (χ3n) is 2.00.